The van der Waals surface area contributed by atoms with Crippen LogP contribution < -0.4 is 4.74 Å². The van der Waals surface area contributed by atoms with Gasteiger partial charge in [-0.05, 0) is 43.9 Å². The first-order valence-electron chi connectivity index (χ1n) is 5.72. The summed E-state index contributed by atoms with van der Waals surface area (Å²) in [6, 6.07) is 5.49. The second-order valence-corrected chi connectivity index (χ2v) is 4.87. The van der Waals surface area contributed by atoms with Crippen molar-refractivity contribution in [2.24, 2.45) is 5.41 Å². The molecule has 0 aliphatic heterocycles. The zero-order chi connectivity index (χ0) is 12.5. The number of carboxylic acids is 1. The van der Waals surface area contributed by atoms with Crippen LogP contribution in [0.25, 0.3) is 0 Å². The number of hydrogen-bond donors (Lipinski definition) is 1. The van der Waals surface area contributed by atoms with E-state index in [9.17, 15) is 4.79 Å². The fourth-order valence-electron chi connectivity index (χ4n) is 1.93. The zero-order valence-corrected chi connectivity index (χ0v) is 10.5. The molecule has 0 atom stereocenters. The highest BCUT2D eigenvalue weighted by Crippen LogP contribution is 2.49. The van der Waals surface area contributed by atoms with Gasteiger partial charge >= 0.3 is 5.97 Å². The van der Waals surface area contributed by atoms with E-state index in [-0.39, 0.29) is 0 Å². The summed E-state index contributed by atoms with van der Waals surface area (Å²) in [6.45, 7) is 2.46. The van der Waals surface area contributed by atoms with Gasteiger partial charge < -0.3 is 9.84 Å². The topological polar surface area (TPSA) is 46.5 Å². The van der Waals surface area contributed by atoms with E-state index in [1.54, 1.807) is 12.1 Å². The van der Waals surface area contributed by atoms with Gasteiger partial charge in [-0.2, -0.15) is 0 Å². The van der Waals surface area contributed by atoms with E-state index < -0.39 is 11.4 Å². The van der Waals surface area contributed by atoms with E-state index in [2.05, 4.69) is 0 Å². The lowest BCUT2D eigenvalue weighted by molar-refractivity contribution is -0.143. The van der Waals surface area contributed by atoms with Crippen molar-refractivity contribution in [3.05, 3.63) is 28.8 Å². The lowest BCUT2D eigenvalue weighted by Gasteiger charge is -2.11. The highest BCUT2D eigenvalue weighted by molar-refractivity contribution is 6.32. The van der Waals surface area contributed by atoms with E-state index in [4.69, 9.17) is 21.4 Å². The van der Waals surface area contributed by atoms with Gasteiger partial charge in [0.25, 0.3) is 0 Å². The maximum Gasteiger partial charge on any atom is 0.309 e. The van der Waals surface area contributed by atoms with Crippen LogP contribution in [-0.2, 0) is 11.2 Å². The molecule has 0 unspecified atom stereocenters. The number of halogens is 1. The molecule has 0 bridgehead atoms. The molecule has 2 rings (SSSR count). The van der Waals surface area contributed by atoms with Crippen LogP contribution in [0.4, 0.5) is 0 Å². The van der Waals surface area contributed by atoms with Crippen molar-refractivity contribution in [3.63, 3.8) is 0 Å². The maximum atomic E-state index is 11.1. The Morgan fingerprint density at radius 3 is 2.71 bits per heavy atom. The van der Waals surface area contributed by atoms with Crippen molar-refractivity contribution < 1.29 is 14.6 Å². The van der Waals surface area contributed by atoms with Crippen molar-refractivity contribution in [1.82, 2.24) is 0 Å². The van der Waals surface area contributed by atoms with Gasteiger partial charge in [-0.15, -0.1) is 0 Å². The molecule has 1 aromatic carbocycles. The Bertz CT molecular complexity index is 438. The standard InChI is InChI=1S/C13H15ClO3/c1-2-17-11-4-3-9(7-10(11)14)8-13(5-6-13)12(15)16/h3-4,7H,2,5-6,8H2,1H3,(H,15,16). The van der Waals surface area contributed by atoms with Gasteiger partial charge in [0.1, 0.15) is 5.75 Å². The number of carbonyl (C=O) groups is 1. The van der Waals surface area contributed by atoms with Crippen LogP contribution in [-0.4, -0.2) is 17.7 Å². The fourth-order valence-corrected chi connectivity index (χ4v) is 2.19. The van der Waals surface area contributed by atoms with Crippen LogP contribution in [0.2, 0.25) is 5.02 Å². The van der Waals surface area contributed by atoms with Crippen LogP contribution >= 0.6 is 11.6 Å². The SMILES string of the molecule is CCOc1ccc(CC2(C(=O)O)CC2)cc1Cl. The number of rotatable bonds is 5. The third kappa shape index (κ3) is 2.55. The van der Waals surface area contributed by atoms with Gasteiger partial charge in [0.15, 0.2) is 0 Å². The van der Waals surface area contributed by atoms with Crippen molar-refractivity contribution in [3.8, 4) is 5.75 Å². The smallest absolute Gasteiger partial charge is 0.309 e. The minimum atomic E-state index is -0.706. The molecule has 0 aromatic heterocycles. The van der Waals surface area contributed by atoms with Crippen LogP contribution in [0.5, 0.6) is 5.75 Å². The molecule has 1 aliphatic rings. The molecule has 1 aromatic rings. The molecule has 17 heavy (non-hydrogen) atoms. The van der Waals surface area contributed by atoms with Gasteiger partial charge in [-0.25, -0.2) is 0 Å². The first kappa shape index (κ1) is 12.2. The summed E-state index contributed by atoms with van der Waals surface area (Å²) in [5.41, 5.74) is 0.412. The molecule has 0 heterocycles. The van der Waals surface area contributed by atoms with E-state index >= 15 is 0 Å². The van der Waals surface area contributed by atoms with E-state index in [0.29, 0.717) is 23.8 Å². The van der Waals surface area contributed by atoms with Crippen LogP contribution in [0.3, 0.4) is 0 Å². The Balaban J connectivity index is 2.13. The van der Waals surface area contributed by atoms with Gasteiger partial charge in [0.2, 0.25) is 0 Å². The van der Waals surface area contributed by atoms with Crippen molar-refractivity contribution in [1.29, 1.82) is 0 Å². The van der Waals surface area contributed by atoms with E-state index in [1.807, 2.05) is 13.0 Å². The van der Waals surface area contributed by atoms with E-state index in [0.717, 1.165) is 18.4 Å². The first-order valence-corrected chi connectivity index (χ1v) is 6.10. The molecular weight excluding hydrogens is 240 g/mol. The zero-order valence-electron chi connectivity index (χ0n) is 9.70. The summed E-state index contributed by atoms with van der Waals surface area (Å²) in [4.78, 5) is 11.1. The summed E-state index contributed by atoms with van der Waals surface area (Å²) in [7, 11) is 0. The fraction of sp³-hybridized carbons (Fsp3) is 0.462. The number of benzene rings is 1. The third-order valence-electron chi connectivity index (χ3n) is 3.15. The lowest BCUT2D eigenvalue weighted by Crippen LogP contribution is -2.17. The Kier molecular flexibility index (Phi) is 3.29. The number of ether oxygens (including phenoxy) is 1. The predicted octanol–water partition coefficient (Wildman–Crippen LogP) is 3.15. The predicted molar refractivity (Wildman–Crippen MR) is 65.6 cm³/mol. The Hall–Kier alpha value is -1.22. The highest BCUT2D eigenvalue weighted by atomic mass is 35.5. The molecular formula is C13H15ClO3. The van der Waals surface area contributed by atoms with Crippen LogP contribution in [0.15, 0.2) is 18.2 Å². The molecule has 1 aliphatic carbocycles. The Labute approximate surface area is 105 Å². The molecule has 1 N–H and O–H groups in total. The summed E-state index contributed by atoms with van der Waals surface area (Å²) in [5.74, 6) is -0.0550. The van der Waals surface area contributed by atoms with Crippen LogP contribution in [0, 0.1) is 5.41 Å². The van der Waals surface area contributed by atoms with Gasteiger partial charge in [-0.3, -0.25) is 4.79 Å². The molecule has 1 fully saturated rings. The highest BCUT2D eigenvalue weighted by Gasteiger charge is 2.49. The minimum absolute atomic E-state index is 0.545. The number of hydrogen-bond acceptors (Lipinski definition) is 2. The van der Waals surface area contributed by atoms with Gasteiger partial charge in [0.05, 0.1) is 17.0 Å². The van der Waals surface area contributed by atoms with Crippen molar-refractivity contribution >= 4 is 17.6 Å². The molecule has 0 radical (unpaired) electrons. The summed E-state index contributed by atoms with van der Waals surface area (Å²) < 4.78 is 5.34. The molecule has 4 heteroatoms. The second-order valence-electron chi connectivity index (χ2n) is 4.46. The van der Waals surface area contributed by atoms with Crippen molar-refractivity contribution in [2.75, 3.05) is 6.61 Å². The number of aliphatic carboxylic acids is 1. The molecule has 92 valence electrons. The lowest BCUT2D eigenvalue weighted by atomic mass is 9.97. The second kappa shape index (κ2) is 4.57. The van der Waals surface area contributed by atoms with Crippen molar-refractivity contribution in [2.45, 2.75) is 26.2 Å². The normalized spacial score (nSPS) is 16.6. The third-order valence-corrected chi connectivity index (χ3v) is 3.44. The first-order chi connectivity index (χ1) is 8.07. The van der Waals surface area contributed by atoms with Gasteiger partial charge in [0, 0.05) is 0 Å². The van der Waals surface area contributed by atoms with Crippen LogP contribution in [0.1, 0.15) is 25.3 Å². The molecule has 0 amide bonds. The largest absolute Gasteiger partial charge is 0.492 e. The Morgan fingerprint density at radius 1 is 1.53 bits per heavy atom. The number of carboxylic acid groups (broad SMARTS) is 1. The molecule has 0 saturated heterocycles. The quantitative estimate of drug-likeness (QED) is 0.878. The van der Waals surface area contributed by atoms with Gasteiger partial charge in [-0.1, -0.05) is 17.7 Å². The average Bonchev–Trinajstić information content (AvgIpc) is 3.03. The summed E-state index contributed by atoms with van der Waals surface area (Å²) >= 11 is 6.06. The summed E-state index contributed by atoms with van der Waals surface area (Å²) in [5, 5.41) is 9.66. The molecule has 1 saturated carbocycles. The van der Waals surface area contributed by atoms with E-state index in [1.165, 1.54) is 0 Å². The minimum Gasteiger partial charge on any atom is -0.492 e. The average molecular weight is 255 g/mol. The maximum absolute atomic E-state index is 11.1. The molecule has 3 nitrogen and oxygen atoms in total. The monoisotopic (exact) mass is 254 g/mol. The molecule has 0 spiro atoms. The summed E-state index contributed by atoms with van der Waals surface area (Å²) in [6.07, 6.45) is 2.06. The Morgan fingerprint density at radius 2 is 2.24 bits per heavy atom.